The van der Waals surface area contributed by atoms with Gasteiger partial charge in [0.1, 0.15) is 5.82 Å². The van der Waals surface area contributed by atoms with Gasteiger partial charge in [-0.3, -0.25) is 4.68 Å². The summed E-state index contributed by atoms with van der Waals surface area (Å²) in [6.07, 6.45) is 1.83. The van der Waals surface area contributed by atoms with Crippen molar-refractivity contribution in [3.8, 4) is 0 Å². The zero-order chi connectivity index (χ0) is 14.4. The minimum absolute atomic E-state index is 0.273. The van der Waals surface area contributed by atoms with Gasteiger partial charge in [-0.2, -0.15) is 5.10 Å². The lowest BCUT2D eigenvalue weighted by molar-refractivity contribution is 0.199. The number of halogens is 2. The molecule has 1 aromatic heterocycles. The van der Waals surface area contributed by atoms with E-state index in [0.29, 0.717) is 30.3 Å². The lowest BCUT2D eigenvalue weighted by atomic mass is 10.2. The van der Waals surface area contributed by atoms with Gasteiger partial charge < -0.3 is 10.1 Å². The lowest BCUT2D eigenvalue weighted by Gasteiger charge is -2.04. The van der Waals surface area contributed by atoms with E-state index in [-0.39, 0.29) is 5.82 Å². The smallest absolute Gasteiger partial charge is 0.128 e. The maximum Gasteiger partial charge on any atom is 0.128 e. The van der Waals surface area contributed by atoms with Crippen molar-refractivity contribution in [3.05, 3.63) is 52.6 Å². The second-order valence-electron chi connectivity index (χ2n) is 4.41. The monoisotopic (exact) mass is 297 g/mol. The topological polar surface area (TPSA) is 39.1 Å². The molecule has 0 amide bonds. The molecule has 6 heteroatoms. The fourth-order valence-electron chi connectivity index (χ4n) is 1.82. The largest absolute Gasteiger partial charge is 0.383 e. The average Bonchev–Trinajstić information content (AvgIpc) is 2.87. The minimum Gasteiger partial charge on any atom is -0.383 e. The van der Waals surface area contributed by atoms with Crippen molar-refractivity contribution < 1.29 is 9.13 Å². The first kappa shape index (κ1) is 15.0. The van der Waals surface area contributed by atoms with Crippen molar-refractivity contribution in [1.29, 1.82) is 0 Å². The summed E-state index contributed by atoms with van der Waals surface area (Å²) >= 11 is 5.87. The Bertz CT molecular complexity index is 559. The molecule has 0 bridgehead atoms. The van der Waals surface area contributed by atoms with Crippen molar-refractivity contribution in [3.63, 3.8) is 0 Å². The van der Waals surface area contributed by atoms with Gasteiger partial charge >= 0.3 is 0 Å². The standard InChI is InChI=1S/C14H17ClFN3O/c1-20-7-5-17-9-13-4-6-19(18-13)10-11-8-12(15)2-3-14(11)16/h2-4,6,8,17H,5,7,9-10H2,1H3. The first-order valence-electron chi connectivity index (χ1n) is 6.35. The van der Waals surface area contributed by atoms with E-state index in [1.165, 1.54) is 12.1 Å². The predicted molar refractivity (Wildman–Crippen MR) is 76.3 cm³/mol. The van der Waals surface area contributed by atoms with Crippen LogP contribution in [-0.2, 0) is 17.8 Å². The highest BCUT2D eigenvalue weighted by Crippen LogP contribution is 2.15. The first-order chi connectivity index (χ1) is 9.69. The zero-order valence-electron chi connectivity index (χ0n) is 11.3. The van der Waals surface area contributed by atoms with Crippen LogP contribution in [0.2, 0.25) is 5.02 Å². The Kier molecular flexibility index (Phi) is 5.52. The summed E-state index contributed by atoms with van der Waals surface area (Å²) < 4.78 is 20.3. The molecule has 108 valence electrons. The number of hydrogen-bond donors (Lipinski definition) is 1. The highest BCUT2D eigenvalue weighted by atomic mass is 35.5. The maximum atomic E-state index is 13.6. The van der Waals surface area contributed by atoms with Gasteiger partial charge in [-0.05, 0) is 24.3 Å². The summed E-state index contributed by atoms with van der Waals surface area (Å²) in [5.74, 6) is -0.273. The molecule has 0 unspecified atom stereocenters. The molecule has 0 aliphatic heterocycles. The number of hydrogen-bond acceptors (Lipinski definition) is 3. The molecular weight excluding hydrogens is 281 g/mol. The van der Waals surface area contributed by atoms with E-state index in [4.69, 9.17) is 16.3 Å². The molecule has 0 radical (unpaired) electrons. The summed E-state index contributed by atoms with van der Waals surface area (Å²) in [4.78, 5) is 0. The first-order valence-corrected chi connectivity index (χ1v) is 6.73. The Balaban J connectivity index is 1.93. The van der Waals surface area contributed by atoms with E-state index in [2.05, 4.69) is 10.4 Å². The Morgan fingerprint density at radius 2 is 2.25 bits per heavy atom. The Labute approximate surface area is 122 Å². The van der Waals surface area contributed by atoms with Crippen molar-refractivity contribution in [2.45, 2.75) is 13.1 Å². The zero-order valence-corrected chi connectivity index (χ0v) is 12.0. The summed E-state index contributed by atoms with van der Waals surface area (Å²) in [6, 6.07) is 6.43. The number of nitrogens with one attached hydrogen (secondary N) is 1. The second kappa shape index (κ2) is 7.38. The maximum absolute atomic E-state index is 13.6. The van der Waals surface area contributed by atoms with E-state index in [9.17, 15) is 4.39 Å². The molecule has 20 heavy (non-hydrogen) atoms. The van der Waals surface area contributed by atoms with Crippen LogP contribution in [0.25, 0.3) is 0 Å². The van der Waals surface area contributed by atoms with Crippen LogP contribution >= 0.6 is 11.6 Å². The van der Waals surface area contributed by atoms with E-state index in [1.54, 1.807) is 17.9 Å². The quantitative estimate of drug-likeness (QED) is 0.798. The summed E-state index contributed by atoms with van der Waals surface area (Å²) in [5.41, 5.74) is 1.43. The van der Waals surface area contributed by atoms with Crippen LogP contribution in [0, 0.1) is 5.82 Å². The highest BCUT2D eigenvalue weighted by Gasteiger charge is 2.05. The van der Waals surface area contributed by atoms with Gasteiger partial charge in [0.05, 0.1) is 18.8 Å². The van der Waals surface area contributed by atoms with Crippen LogP contribution in [0.15, 0.2) is 30.5 Å². The molecule has 2 aromatic rings. The molecule has 4 nitrogen and oxygen atoms in total. The van der Waals surface area contributed by atoms with Gasteiger partial charge in [0.25, 0.3) is 0 Å². The van der Waals surface area contributed by atoms with Crippen molar-refractivity contribution in [1.82, 2.24) is 15.1 Å². The molecule has 1 heterocycles. The second-order valence-corrected chi connectivity index (χ2v) is 4.85. The van der Waals surface area contributed by atoms with Gasteiger partial charge in [-0.25, -0.2) is 4.39 Å². The third-order valence-electron chi connectivity index (χ3n) is 2.83. The molecule has 0 saturated heterocycles. The average molecular weight is 298 g/mol. The van der Waals surface area contributed by atoms with Gasteiger partial charge in [0.2, 0.25) is 0 Å². The van der Waals surface area contributed by atoms with Crippen LogP contribution in [0.3, 0.4) is 0 Å². The van der Waals surface area contributed by atoms with E-state index < -0.39 is 0 Å². The number of methoxy groups -OCH3 is 1. The van der Waals surface area contributed by atoms with Gasteiger partial charge in [0, 0.05) is 37.0 Å². The number of aromatic nitrogens is 2. The molecule has 2 rings (SSSR count). The summed E-state index contributed by atoms with van der Waals surface area (Å²) in [6.45, 7) is 2.46. The third-order valence-corrected chi connectivity index (χ3v) is 3.06. The molecule has 0 atom stereocenters. The van der Waals surface area contributed by atoms with Crippen molar-refractivity contribution in [2.75, 3.05) is 20.3 Å². The lowest BCUT2D eigenvalue weighted by Crippen LogP contribution is -2.19. The molecule has 0 aliphatic rings. The predicted octanol–water partition coefficient (Wildman–Crippen LogP) is 2.46. The van der Waals surface area contributed by atoms with Crippen LogP contribution in [0.5, 0.6) is 0 Å². The van der Waals surface area contributed by atoms with E-state index in [0.717, 1.165) is 12.2 Å². The summed E-state index contributed by atoms with van der Waals surface area (Å²) in [7, 11) is 1.66. The third kappa shape index (κ3) is 4.30. The van der Waals surface area contributed by atoms with Gasteiger partial charge in [-0.15, -0.1) is 0 Å². The molecular formula is C14H17ClFN3O. The van der Waals surface area contributed by atoms with Crippen LogP contribution < -0.4 is 5.32 Å². The van der Waals surface area contributed by atoms with Gasteiger partial charge in [0.15, 0.2) is 0 Å². The SMILES string of the molecule is COCCNCc1ccn(Cc2cc(Cl)ccc2F)n1. The van der Waals surface area contributed by atoms with Crippen molar-refractivity contribution in [2.24, 2.45) is 0 Å². The molecule has 0 fully saturated rings. The van der Waals surface area contributed by atoms with E-state index >= 15 is 0 Å². The number of rotatable bonds is 7. The van der Waals surface area contributed by atoms with Crippen LogP contribution in [-0.4, -0.2) is 30.0 Å². The number of nitrogens with zero attached hydrogens (tertiary/aromatic N) is 2. The summed E-state index contributed by atoms with van der Waals surface area (Å²) in [5, 5.41) is 8.10. The number of ether oxygens (including phenoxy) is 1. The minimum atomic E-state index is -0.273. The normalized spacial score (nSPS) is 10.9. The Hall–Kier alpha value is -1.43. The van der Waals surface area contributed by atoms with Crippen LogP contribution in [0.1, 0.15) is 11.3 Å². The fourth-order valence-corrected chi connectivity index (χ4v) is 2.01. The molecule has 1 N–H and O–H groups in total. The molecule has 0 aliphatic carbocycles. The fraction of sp³-hybridized carbons (Fsp3) is 0.357. The van der Waals surface area contributed by atoms with Crippen LogP contribution in [0.4, 0.5) is 4.39 Å². The van der Waals surface area contributed by atoms with Gasteiger partial charge in [-0.1, -0.05) is 11.6 Å². The molecule has 0 saturated carbocycles. The molecule has 1 aromatic carbocycles. The molecule has 0 spiro atoms. The Morgan fingerprint density at radius 3 is 3.05 bits per heavy atom. The Morgan fingerprint density at radius 1 is 1.40 bits per heavy atom. The van der Waals surface area contributed by atoms with Crippen molar-refractivity contribution >= 4 is 11.6 Å². The highest BCUT2D eigenvalue weighted by molar-refractivity contribution is 6.30. The number of benzene rings is 1. The van der Waals surface area contributed by atoms with E-state index in [1.807, 2.05) is 12.3 Å².